The first-order chi connectivity index (χ1) is 7.90. The standard InChI is InChI=1S/C12H15N3O2/c1-12(2,3)9-6-5-8(11(16)17-4)7-10(9)14-15-13/h5-7H,1-4H3. The molecule has 0 unspecified atom stereocenters. The van der Waals surface area contributed by atoms with Gasteiger partial charge in [-0.2, -0.15) is 0 Å². The second kappa shape index (κ2) is 4.89. The average molecular weight is 233 g/mol. The third-order valence-corrected chi connectivity index (χ3v) is 2.38. The molecule has 0 aromatic heterocycles. The van der Waals surface area contributed by atoms with Crippen molar-refractivity contribution in [3.63, 3.8) is 0 Å². The van der Waals surface area contributed by atoms with Crippen molar-refractivity contribution in [3.8, 4) is 0 Å². The summed E-state index contributed by atoms with van der Waals surface area (Å²) in [5, 5.41) is 3.62. The van der Waals surface area contributed by atoms with Crippen LogP contribution in [0.3, 0.4) is 0 Å². The molecule has 0 aliphatic carbocycles. The Morgan fingerprint density at radius 3 is 2.53 bits per heavy atom. The summed E-state index contributed by atoms with van der Waals surface area (Å²) >= 11 is 0. The minimum Gasteiger partial charge on any atom is -0.465 e. The second-order valence-corrected chi connectivity index (χ2v) is 4.66. The molecule has 1 aromatic carbocycles. The predicted molar refractivity (Wildman–Crippen MR) is 65.3 cm³/mol. The van der Waals surface area contributed by atoms with E-state index in [-0.39, 0.29) is 5.41 Å². The van der Waals surface area contributed by atoms with Crippen molar-refractivity contribution >= 4 is 11.7 Å². The monoisotopic (exact) mass is 233 g/mol. The van der Waals surface area contributed by atoms with Gasteiger partial charge in [0.25, 0.3) is 0 Å². The minimum absolute atomic E-state index is 0.155. The number of esters is 1. The molecule has 0 saturated heterocycles. The summed E-state index contributed by atoms with van der Waals surface area (Å²) in [6.45, 7) is 6.03. The summed E-state index contributed by atoms with van der Waals surface area (Å²) in [4.78, 5) is 14.2. The van der Waals surface area contributed by atoms with E-state index >= 15 is 0 Å². The molecule has 0 amide bonds. The lowest BCUT2D eigenvalue weighted by atomic mass is 9.85. The lowest BCUT2D eigenvalue weighted by molar-refractivity contribution is 0.0600. The van der Waals surface area contributed by atoms with Crippen LogP contribution < -0.4 is 0 Å². The Balaban J connectivity index is 3.37. The van der Waals surface area contributed by atoms with Crippen LogP contribution in [0.15, 0.2) is 23.3 Å². The van der Waals surface area contributed by atoms with Gasteiger partial charge in [0.2, 0.25) is 0 Å². The first-order valence-electron chi connectivity index (χ1n) is 5.18. The highest BCUT2D eigenvalue weighted by Crippen LogP contribution is 2.32. The van der Waals surface area contributed by atoms with Crippen molar-refractivity contribution in [1.29, 1.82) is 0 Å². The molecule has 0 aliphatic rings. The highest BCUT2D eigenvalue weighted by molar-refractivity contribution is 5.90. The van der Waals surface area contributed by atoms with Crippen LogP contribution in [0.25, 0.3) is 10.4 Å². The molecular weight excluding hydrogens is 218 g/mol. The second-order valence-electron chi connectivity index (χ2n) is 4.66. The fraction of sp³-hybridized carbons (Fsp3) is 0.417. The Morgan fingerprint density at radius 1 is 1.41 bits per heavy atom. The van der Waals surface area contributed by atoms with E-state index in [1.807, 2.05) is 20.8 Å². The SMILES string of the molecule is COC(=O)c1ccc(C(C)(C)C)c(N=[N+]=[N-])c1. The van der Waals surface area contributed by atoms with Gasteiger partial charge in [-0.1, -0.05) is 32.0 Å². The largest absolute Gasteiger partial charge is 0.465 e. The summed E-state index contributed by atoms with van der Waals surface area (Å²) in [7, 11) is 1.31. The molecule has 1 aromatic rings. The minimum atomic E-state index is -0.445. The third kappa shape index (κ3) is 2.98. The summed E-state index contributed by atoms with van der Waals surface area (Å²) < 4.78 is 4.62. The van der Waals surface area contributed by atoms with Crippen molar-refractivity contribution in [2.45, 2.75) is 26.2 Å². The molecule has 5 nitrogen and oxygen atoms in total. The maximum absolute atomic E-state index is 11.4. The molecule has 0 aliphatic heterocycles. The van der Waals surface area contributed by atoms with Crippen molar-refractivity contribution < 1.29 is 9.53 Å². The summed E-state index contributed by atoms with van der Waals surface area (Å²) in [6.07, 6.45) is 0. The molecule has 0 N–H and O–H groups in total. The fourth-order valence-electron chi connectivity index (χ4n) is 1.54. The van der Waals surface area contributed by atoms with Crippen LogP contribution in [0.1, 0.15) is 36.7 Å². The van der Waals surface area contributed by atoms with Gasteiger partial charge in [-0.25, -0.2) is 4.79 Å². The van der Waals surface area contributed by atoms with E-state index in [1.54, 1.807) is 18.2 Å². The number of ether oxygens (including phenoxy) is 1. The number of azide groups is 1. The van der Waals surface area contributed by atoms with Crippen LogP contribution in [-0.2, 0) is 10.2 Å². The Bertz CT molecular complexity index is 483. The van der Waals surface area contributed by atoms with E-state index in [0.29, 0.717) is 11.3 Å². The summed E-state index contributed by atoms with van der Waals surface area (Å²) in [5.41, 5.74) is 10.1. The predicted octanol–water partition coefficient (Wildman–Crippen LogP) is 3.71. The zero-order chi connectivity index (χ0) is 13.1. The number of benzene rings is 1. The maximum Gasteiger partial charge on any atom is 0.337 e. The Hall–Kier alpha value is -2.00. The topological polar surface area (TPSA) is 75.1 Å². The van der Waals surface area contributed by atoms with Crippen LogP contribution in [0, 0.1) is 0 Å². The van der Waals surface area contributed by atoms with Gasteiger partial charge in [-0.3, -0.25) is 0 Å². The highest BCUT2D eigenvalue weighted by atomic mass is 16.5. The molecule has 0 heterocycles. The van der Waals surface area contributed by atoms with E-state index in [4.69, 9.17) is 5.53 Å². The van der Waals surface area contributed by atoms with Gasteiger partial charge in [0, 0.05) is 10.6 Å². The normalized spacial score (nSPS) is 10.6. The van der Waals surface area contributed by atoms with Gasteiger partial charge in [-0.15, -0.1) is 0 Å². The fourth-order valence-corrected chi connectivity index (χ4v) is 1.54. The molecule has 90 valence electrons. The van der Waals surface area contributed by atoms with Gasteiger partial charge in [0.1, 0.15) is 0 Å². The van der Waals surface area contributed by atoms with E-state index < -0.39 is 5.97 Å². The smallest absolute Gasteiger partial charge is 0.337 e. The first kappa shape index (κ1) is 13.1. The zero-order valence-corrected chi connectivity index (χ0v) is 10.4. The number of carbonyl (C=O) groups excluding carboxylic acids is 1. The molecule has 0 radical (unpaired) electrons. The number of hydrogen-bond donors (Lipinski definition) is 0. The molecule has 0 saturated carbocycles. The molecular formula is C12H15N3O2. The van der Waals surface area contributed by atoms with E-state index in [9.17, 15) is 4.79 Å². The maximum atomic E-state index is 11.4. The average Bonchev–Trinajstić information content (AvgIpc) is 2.27. The molecule has 0 fully saturated rings. The van der Waals surface area contributed by atoms with Gasteiger partial charge in [0.05, 0.1) is 12.7 Å². The number of carbonyl (C=O) groups is 1. The van der Waals surface area contributed by atoms with Crippen LogP contribution in [0.2, 0.25) is 0 Å². The first-order valence-corrected chi connectivity index (χ1v) is 5.18. The Kier molecular flexibility index (Phi) is 3.76. The quantitative estimate of drug-likeness (QED) is 0.338. The summed E-state index contributed by atoms with van der Waals surface area (Å²) in [6, 6.07) is 5.01. The lowest BCUT2D eigenvalue weighted by Gasteiger charge is -2.21. The molecule has 5 heteroatoms. The Morgan fingerprint density at radius 2 is 2.06 bits per heavy atom. The van der Waals surface area contributed by atoms with Crippen molar-refractivity contribution in [2.24, 2.45) is 5.11 Å². The number of nitrogens with zero attached hydrogens (tertiary/aromatic N) is 3. The molecule has 0 atom stereocenters. The van der Waals surface area contributed by atoms with Gasteiger partial charge < -0.3 is 4.74 Å². The number of methoxy groups -OCH3 is 1. The van der Waals surface area contributed by atoms with Crippen molar-refractivity contribution in [1.82, 2.24) is 0 Å². The highest BCUT2D eigenvalue weighted by Gasteiger charge is 2.18. The number of rotatable bonds is 2. The third-order valence-electron chi connectivity index (χ3n) is 2.38. The van der Waals surface area contributed by atoms with Gasteiger partial charge in [0.15, 0.2) is 0 Å². The molecule has 0 bridgehead atoms. The Labute approximate surface area is 100 Å². The van der Waals surface area contributed by atoms with Crippen molar-refractivity contribution in [2.75, 3.05) is 7.11 Å². The number of hydrogen-bond acceptors (Lipinski definition) is 3. The molecule has 1 rings (SSSR count). The lowest BCUT2D eigenvalue weighted by Crippen LogP contribution is -2.12. The van der Waals surface area contributed by atoms with Crippen LogP contribution in [-0.4, -0.2) is 13.1 Å². The van der Waals surface area contributed by atoms with Gasteiger partial charge in [-0.05, 0) is 28.6 Å². The van der Waals surface area contributed by atoms with Crippen LogP contribution in [0.5, 0.6) is 0 Å². The van der Waals surface area contributed by atoms with E-state index in [2.05, 4.69) is 14.8 Å². The van der Waals surface area contributed by atoms with Gasteiger partial charge >= 0.3 is 5.97 Å². The molecule has 17 heavy (non-hydrogen) atoms. The molecule has 0 spiro atoms. The van der Waals surface area contributed by atoms with Crippen molar-refractivity contribution in [3.05, 3.63) is 39.8 Å². The summed E-state index contributed by atoms with van der Waals surface area (Å²) in [5.74, 6) is -0.445. The van der Waals surface area contributed by atoms with Crippen LogP contribution >= 0.6 is 0 Å². The van der Waals surface area contributed by atoms with E-state index in [0.717, 1.165) is 5.56 Å². The van der Waals surface area contributed by atoms with Crippen LogP contribution in [0.4, 0.5) is 5.69 Å². The zero-order valence-electron chi connectivity index (χ0n) is 10.4. The van der Waals surface area contributed by atoms with E-state index in [1.165, 1.54) is 7.11 Å².